The van der Waals surface area contributed by atoms with Crippen molar-refractivity contribution in [3.63, 3.8) is 0 Å². The lowest BCUT2D eigenvalue weighted by molar-refractivity contribution is -0.110. The zero-order valence-corrected chi connectivity index (χ0v) is 12.2. The van der Waals surface area contributed by atoms with Crippen LogP contribution in [-0.4, -0.2) is 42.9 Å². The third kappa shape index (κ3) is 1.69. The Morgan fingerprint density at radius 3 is 3.05 bits per heavy atom. The van der Waals surface area contributed by atoms with E-state index in [1.165, 1.54) is 22.1 Å². The van der Waals surface area contributed by atoms with E-state index in [9.17, 15) is 4.79 Å². The van der Waals surface area contributed by atoms with Crippen LogP contribution >= 0.6 is 0 Å². The van der Waals surface area contributed by atoms with Gasteiger partial charge in [0, 0.05) is 35.0 Å². The van der Waals surface area contributed by atoms with Gasteiger partial charge in [0.2, 0.25) is 0 Å². The fraction of sp³-hybridized carbons (Fsp3) is 0.353. The van der Waals surface area contributed by atoms with Crippen LogP contribution < -0.4 is 4.74 Å². The number of methoxy groups -OCH3 is 1. The summed E-state index contributed by atoms with van der Waals surface area (Å²) in [6.07, 6.45) is 4.12. The molecule has 1 aromatic heterocycles. The standard InChI is InChI=1S/C17H18N2O2/c1-19-8-10(9-20)6-12-11-4-3-5-14-16(11)13(7-15(12)19)17(18-14)21-2/h3-6,9-10,15,18H,7-8H2,1-2H3. The van der Waals surface area contributed by atoms with Gasteiger partial charge in [0.15, 0.2) is 5.88 Å². The third-order valence-electron chi connectivity index (χ3n) is 4.76. The van der Waals surface area contributed by atoms with E-state index in [1.54, 1.807) is 7.11 Å². The summed E-state index contributed by atoms with van der Waals surface area (Å²) in [5, 5.41) is 1.25. The van der Waals surface area contributed by atoms with E-state index < -0.39 is 0 Å². The number of carbonyl (C=O) groups excluding carboxylic acids is 1. The van der Waals surface area contributed by atoms with Crippen molar-refractivity contribution in [2.75, 3.05) is 20.7 Å². The predicted octanol–water partition coefficient (Wildman–Crippen LogP) is 2.25. The van der Waals surface area contributed by atoms with Gasteiger partial charge in [-0.2, -0.15) is 0 Å². The number of nitrogens with one attached hydrogen (secondary N) is 1. The van der Waals surface area contributed by atoms with Crippen molar-refractivity contribution >= 4 is 22.8 Å². The number of ether oxygens (including phenoxy) is 1. The van der Waals surface area contributed by atoms with Crippen molar-refractivity contribution in [1.82, 2.24) is 9.88 Å². The maximum absolute atomic E-state index is 11.2. The van der Waals surface area contributed by atoms with Crippen LogP contribution in [0.2, 0.25) is 0 Å². The minimum absolute atomic E-state index is 0.0149. The first kappa shape index (κ1) is 12.7. The Bertz CT molecular complexity index is 759. The van der Waals surface area contributed by atoms with Gasteiger partial charge in [0.25, 0.3) is 0 Å². The van der Waals surface area contributed by atoms with E-state index in [4.69, 9.17) is 4.74 Å². The van der Waals surface area contributed by atoms with Crippen LogP contribution in [0.5, 0.6) is 5.88 Å². The molecule has 4 heteroatoms. The summed E-state index contributed by atoms with van der Waals surface area (Å²) in [6.45, 7) is 0.787. The maximum atomic E-state index is 11.2. The molecule has 2 heterocycles. The van der Waals surface area contributed by atoms with Gasteiger partial charge < -0.3 is 14.5 Å². The molecule has 2 unspecified atom stereocenters. The molecule has 0 bridgehead atoms. The fourth-order valence-corrected chi connectivity index (χ4v) is 3.80. The number of rotatable bonds is 2. The van der Waals surface area contributed by atoms with Gasteiger partial charge in [-0.05, 0) is 30.7 Å². The van der Waals surface area contributed by atoms with Crippen LogP contribution in [0.15, 0.2) is 24.3 Å². The molecule has 4 rings (SSSR count). The average Bonchev–Trinajstić information content (AvgIpc) is 2.87. The molecule has 0 radical (unpaired) electrons. The van der Waals surface area contributed by atoms with Crippen LogP contribution in [-0.2, 0) is 11.2 Å². The minimum Gasteiger partial charge on any atom is -0.482 e. The number of carbonyl (C=O) groups is 1. The monoisotopic (exact) mass is 282 g/mol. The van der Waals surface area contributed by atoms with E-state index in [0.717, 1.165) is 30.6 Å². The van der Waals surface area contributed by atoms with Gasteiger partial charge >= 0.3 is 0 Å². The number of aromatic nitrogens is 1. The van der Waals surface area contributed by atoms with Crippen molar-refractivity contribution in [2.24, 2.45) is 5.92 Å². The number of fused-ring (bicyclic) bond motifs is 2. The van der Waals surface area contributed by atoms with Crippen LogP contribution in [0.4, 0.5) is 0 Å². The van der Waals surface area contributed by atoms with Crippen molar-refractivity contribution in [1.29, 1.82) is 0 Å². The molecule has 1 N–H and O–H groups in total. The third-order valence-corrected chi connectivity index (χ3v) is 4.76. The van der Waals surface area contributed by atoms with Crippen molar-refractivity contribution in [2.45, 2.75) is 12.5 Å². The number of aromatic amines is 1. The van der Waals surface area contributed by atoms with Crippen LogP contribution in [0.1, 0.15) is 11.1 Å². The van der Waals surface area contributed by atoms with E-state index >= 15 is 0 Å². The molecule has 1 aromatic carbocycles. The van der Waals surface area contributed by atoms with Crippen molar-refractivity contribution in [3.8, 4) is 5.88 Å². The summed E-state index contributed by atoms with van der Waals surface area (Å²) >= 11 is 0. The van der Waals surface area contributed by atoms with Crippen LogP contribution in [0.25, 0.3) is 16.5 Å². The molecule has 4 nitrogen and oxygen atoms in total. The molecule has 0 spiro atoms. The average molecular weight is 282 g/mol. The number of hydrogen-bond acceptors (Lipinski definition) is 3. The number of benzene rings is 1. The molecule has 108 valence electrons. The summed E-state index contributed by atoms with van der Waals surface area (Å²) in [7, 11) is 3.80. The van der Waals surface area contributed by atoms with E-state index in [-0.39, 0.29) is 5.92 Å². The lowest BCUT2D eigenvalue weighted by atomic mass is 9.80. The van der Waals surface area contributed by atoms with Gasteiger partial charge in [-0.1, -0.05) is 18.2 Å². The van der Waals surface area contributed by atoms with E-state index in [0.29, 0.717) is 6.04 Å². The maximum Gasteiger partial charge on any atom is 0.194 e. The Kier molecular flexibility index (Phi) is 2.69. The van der Waals surface area contributed by atoms with Gasteiger partial charge in [-0.15, -0.1) is 0 Å². The van der Waals surface area contributed by atoms with E-state index in [1.807, 2.05) is 0 Å². The minimum atomic E-state index is -0.0149. The Hall–Kier alpha value is -2.07. The summed E-state index contributed by atoms with van der Waals surface area (Å²) in [4.78, 5) is 16.9. The first-order valence-electron chi connectivity index (χ1n) is 7.28. The zero-order chi connectivity index (χ0) is 14.6. The number of nitrogens with zero attached hydrogens (tertiary/aromatic N) is 1. The lowest BCUT2D eigenvalue weighted by Gasteiger charge is -2.38. The molecule has 0 fully saturated rings. The number of hydrogen-bond donors (Lipinski definition) is 1. The zero-order valence-electron chi connectivity index (χ0n) is 12.2. The Balaban J connectivity index is 2.00. The summed E-state index contributed by atoms with van der Waals surface area (Å²) in [6, 6.07) is 6.61. The van der Waals surface area contributed by atoms with Crippen molar-refractivity contribution < 1.29 is 9.53 Å². The van der Waals surface area contributed by atoms with Gasteiger partial charge in [0.05, 0.1) is 7.11 Å². The van der Waals surface area contributed by atoms with Crippen LogP contribution in [0.3, 0.4) is 0 Å². The normalized spacial score (nSPS) is 24.6. The second-order valence-electron chi connectivity index (χ2n) is 5.95. The molecule has 0 saturated carbocycles. The highest BCUT2D eigenvalue weighted by atomic mass is 16.5. The Morgan fingerprint density at radius 2 is 2.29 bits per heavy atom. The number of aldehydes is 1. The number of H-pyrrole nitrogens is 1. The lowest BCUT2D eigenvalue weighted by Crippen LogP contribution is -2.42. The summed E-state index contributed by atoms with van der Waals surface area (Å²) < 4.78 is 5.52. The molecule has 0 amide bonds. The molecule has 0 saturated heterocycles. The Labute approximate surface area is 123 Å². The van der Waals surface area contributed by atoms with Gasteiger partial charge in [-0.3, -0.25) is 4.90 Å². The smallest absolute Gasteiger partial charge is 0.194 e. The highest BCUT2D eigenvalue weighted by molar-refractivity contribution is 6.00. The predicted molar refractivity (Wildman–Crippen MR) is 82.5 cm³/mol. The molecule has 1 aliphatic carbocycles. The quantitative estimate of drug-likeness (QED) is 0.859. The highest BCUT2D eigenvalue weighted by Crippen LogP contribution is 2.43. The van der Waals surface area contributed by atoms with Gasteiger partial charge in [-0.25, -0.2) is 0 Å². The molecule has 2 aliphatic rings. The summed E-state index contributed by atoms with van der Waals surface area (Å²) in [5.41, 5.74) is 4.87. The first-order chi connectivity index (χ1) is 10.2. The summed E-state index contributed by atoms with van der Waals surface area (Å²) in [5.74, 6) is 0.848. The second-order valence-corrected chi connectivity index (χ2v) is 5.95. The molecule has 2 aromatic rings. The topological polar surface area (TPSA) is 45.3 Å². The first-order valence-corrected chi connectivity index (χ1v) is 7.28. The fourth-order valence-electron chi connectivity index (χ4n) is 3.80. The highest BCUT2D eigenvalue weighted by Gasteiger charge is 2.35. The molecule has 21 heavy (non-hydrogen) atoms. The van der Waals surface area contributed by atoms with Gasteiger partial charge in [0.1, 0.15) is 6.29 Å². The number of likely N-dealkylation sites (N-methyl/N-ethyl adjacent to an activating group) is 1. The van der Waals surface area contributed by atoms with Crippen molar-refractivity contribution in [3.05, 3.63) is 35.4 Å². The molecular formula is C17H18N2O2. The Morgan fingerprint density at radius 1 is 1.43 bits per heavy atom. The molecular weight excluding hydrogens is 264 g/mol. The van der Waals surface area contributed by atoms with Crippen LogP contribution in [0, 0.1) is 5.92 Å². The second kappa shape index (κ2) is 4.46. The molecule has 2 atom stereocenters. The molecule has 1 aliphatic heterocycles. The largest absolute Gasteiger partial charge is 0.482 e. The SMILES string of the molecule is COc1[nH]c2cccc3c2c1CC1C3=CC(C=O)CN1C. The van der Waals surface area contributed by atoms with E-state index in [2.05, 4.69) is 41.2 Å².